The molecule has 0 unspecified atom stereocenters. The molecule has 0 bridgehead atoms. The molecule has 1 aromatic carbocycles. The lowest BCUT2D eigenvalue weighted by Crippen LogP contribution is -2.23. The van der Waals surface area contributed by atoms with E-state index in [1.807, 2.05) is 36.6 Å². The number of benzene rings is 1. The van der Waals surface area contributed by atoms with Gasteiger partial charge >= 0.3 is 0 Å². The average molecular weight is 401 g/mol. The summed E-state index contributed by atoms with van der Waals surface area (Å²) in [4.78, 5) is 29.6. The third-order valence-corrected chi connectivity index (χ3v) is 4.91. The Bertz CT molecular complexity index is 983. The molecule has 3 rings (SSSR count). The van der Waals surface area contributed by atoms with Gasteiger partial charge in [-0.05, 0) is 36.1 Å². The SMILES string of the molecule is CCOCCOCc1cccc(NC(=O)CCn2cnc3sccc3c2=O)c1. The van der Waals surface area contributed by atoms with E-state index in [1.54, 1.807) is 6.07 Å². The molecule has 0 radical (unpaired) electrons. The van der Waals surface area contributed by atoms with Crippen molar-refractivity contribution in [3.63, 3.8) is 0 Å². The van der Waals surface area contributed by atoms with Crippen molar-refractivity contribution >= 4 is 33.1 Å². The monoisotopic (exact) mass is 401 g/mol. The van der Waals surface area contributed by atoms with Gasteiger partial charge in [-0.2, -0.15) is 0 Å². The van der Waals surface area contributed by atoms with Gasteiger partial charge in [-0.15, -0.1) is 11.3 Å². The van der Waals surface area contributed by atoms with Crippen molar-refractivity contribution in [2.45, 2.75) is 26.5 Å². The number of carbonyl (C=O) groups is 1. The number of fused-ring (bicyclic) bond motifs is 1. The summed E-state index contributed by atoms with van der Waals surface area (Å²) in [6.07, 6.45) is 1.68. The molecule has 0 fully saturated rings. The Balaban J connectivity index is 1.51. The van der Waals surface area contributed by atoms with Crippen LogP contribution in [-0.4, -0.2) is 35.3 Å². The van der Waals surface area contributed by atoms with Crippen LogP contribution < -0.4 is 10.9 Å². The van der Waals surface area contributed by atoms with Crippen molar-refractivity contribution in [2.24, 2.45) is 0 Å². The van der Waals surface area contributed by atoms with E-state index < -0.39 is 0 Å². The van der Waals surface area contributed by atoms with Crippen LogP contribution in [0.2, 0.25) is 0 Å². The molecular weight excluding hydrogens is 378 g/mol. The topological polar surface area (TPSA) is 82.4 Å². The molecule has 2 heterocycles. The summed E-state index contributed by atoms with van der Waals surface area (Å²) in [6, 6.07) is 9.28. The molecule has 1 amide bonds. The lowest BCUT2D eigenvalue weighted by Gasteiger charge is -2.09. The second kappa shape index (κ2) is 10.1. The van der Waals surface area contributed by atoms with Crippen molar-refractivity contribution in [2.75, 3.05) is 25.1 Å². The molecule has 0 aliphatic rings. The molecule has 1 N–H and O–H groups in total. The van der Waals surface area contributed by atoms with Gasteiger partial charge in [-0.25, -0.2) is 4.98 Å². The fraction of sp³-hybridized carbons (Fsp3) is 0.350. The van der Waals surface area contributed by atoms with Gasteiger partial charge in [0.15, 0.2) is 0 Å². The Morgan fingerprint density at radius 3 is 2.96 bits per heavy atom. The Hall–Kier alpha value is -2.55. The standard InChI is InChI=1S/C20H23N3O4S/c1-2-26-9-10-27-13-15-4-3-5-16(12-15)22-18(24)6-8-23-14-21-19-17(20(23)25)7-11-28-19/h3-5,7,11-12,14H,2,6,8-10,13H2,1H3,(H,22,24). The number of amides is 1. The zero-order chi connectivity index (χ0) is 19.8. The maximum absolute atomic E-state index is 12.3. The van der Waals surface area contributed by atoms with Crippen LogP contribution in [0.25, 0.3) is 10.2 Å². The first-order valence-electron chi connectivity index (χ1n) is 9.14. The molecule has 2 aromatic heterocycles. The van der Waals surface area contributed by atoms with E-state index in [0.29, 0.717) is 42.3 Å². The van der Waals surface area contributed by atoms with Gasteiger partial charge in [0.1, 0.15) is 4.83 Å². The van der Waals surface area contributed by atoms with Crippen molar-refractivity contribution in [3.8, 4) is 0 Å². The summed E-state index contributed by atoms with van der Waals surface area (Å²) in [5.74, 6) is -0.160. The van der Waals surface area contributed by atoms with E-state index in [9.17, 15) is 9.59 Å². The molecule has 7 nitrogen and oxygen atoms in total. The van der Waals surface area contributed by atoms with Gasteiger partial charge in [0, 0.05) is 25.3 Å². The van der Waals surface area contributed by atoms with Gasteiger partial charge in [-0.1, -0.05) is 12.1 Å². The molecule has 148 valence electrons. The summed E-state index contributed by atoms with van der Waals surface area (Å²) < 4.78 is 12.2. The zero-order valence-electron chi connectivity index (χ0n) is 15.7. The highest BCUT2D eigenvalue weighted by Crippen LogP contribution is 2.14. The highest BCUT2D eigenvalue weighted by atomic mass is 32.1. The molecule has 0 saturated carbocycles. The Kier molecular flexibility index (Phi) is 7.30. The number of rotatable bonds is 10. The molecule has 8 heteroatoms. The second-order valence-corrected chi connectivity index (χ2v) is 7.03. The molecule has 3 aromatic rings. The summed E-state index contributed by atoms with van der Waals surface area (Å²) in [5, 5.41) is 5.29. The smallest absolute Gasteiger partial charge is 0.262 e. The van der Waals surface area contributed by atoms with Crippen LogP contribution in [0.3, 0.4) is 0 Å². The summed E-state index contributed by atoms with van der Waals surface area (Å²) >= 11 is 1.43. The van der Waals surface area contributed by atoms with Gasteiger partial charge in [0.25, 0.3) is 5.56 Å². The Morgan fingerprint density at radius 1 is 1.25 bits per heavy atom. The number of aromatic nitrogens is 2. The number of carbonyl (C=O) groups excluding carboxylic acids is 1. The molecular formula is C20H23N3O4S. The number of thiophene rings is 1. The number of hydrogen-bond acceptors (Lipinski definition) is 6. The zero-order valence-corrected chi connectivity index (χ0v) is 16.5. The highest BCUT2D eigenvalue weighted by molar-refractivity contribution is 7.16. The van der Waals surface area contributed by atoms with E-state index in [1.165, 1.54) is 22.2 Å². The number of nitrogens with one attached hydrogen (secondary N) is 1. The van der Waals surface area contributed by atoms with Crippen LogP contribution >= 0.6 is 11.3 Å². The summed E-state index contributed by atoms with van der Waals surface area (Å²) in [5.41, 5.74) is 1.55. The number of hydrogen-bond donors (Lipinski definition) is 1. The molecule has 0 atom stereocenters. The molecule has 0 saturated heterocycles. The third-order valence-electron chi connectivity index (χ3n) is 4.09. The Morgan fingerprint density at radius 2 is 2.11 bits per heavy atom. The minimum atomic E-state index is -0.160. The van der Waals surface area contributed by atoms with Gasteiger partial charge in [0.05, 0.1) is 31.5 Å². The van der Waals surface area contributed by atoms with E-state index in [4.69, 9.17) is 9.47 Å². The fourth-order valence-electron chi connectivity index (χ4n) is 2.69. The highest BCUT2D eigenvalue weighted by Gasteiger charge is 2.08. The van der Waals surface area contributed by atoms with Crippen LogP contribution in [-0.2, 0) is 27.4 Å². The van der Waals surface area contributed by atoms with E-state index in [-0.39, 0.29) is 24.4 Å². The summed E-state index contributed by atoms with van der Waals surface area (Å²) in [7, 11) is 0. The molecule has 28 heavy (non-hydrogen) atoms. The predicted octanol–water partition coefficient (Wildman–Crippen LogP) is 3.04. The van der Waals surface area contributed by atoms with Gasteiger partial charge in [-0.3, -0.25) is 14.2 Å². The van der Waals surface area contributed by atoms with Gasteiger partial charge < -0.3 is 14.8 Å². The second-order valence-electron chi connectivity index (χ2n) is 6.13. The minimum absolute atomic E-state index is 0.120. The average Bonchev–Trinajstić information content (AvgIpc) is 3.17. The summed E-state index contributed by atoms with van der Waals surface area (Å²) in [6.45, 7) is 4.45. The van der Waals surface area contributed by atoms with Crippen LogP contribution in [0.5, 0.6) is 0 Å². The maximum Gasteiger partial charge on any atom is 0.262 e. The Labute approximate surface area is 166 Å². The predicted molar refractivity (Wildman–Crippen MR) is 110 cm³/mol. The van der Waals surface area contributed by atoms with E-state index in [0.717, 1.165) is 5.56 Å². The largest absolute Gasteiger partial charge is 0.379 e. The number of anilines is 1. The van der Waals surface area contributed by atoms with Crippen molar-refractivity contribution in [1.29, 1.82) is 0 Å². The fourth-order valence-corrected chi connectivity index (χ4v) is 3.41. The molecule has 0 aliphatic heterocycles. The van der Waals surface area contributed by atoms with Gasteiger partial charge in [0.2, 0.25) is 5.91 Å². The first-order valence-corrected chi connectivity index (χ1v) is 10.0. The third kappa shape index (κ3) is 5.48. The van der Waals surface area contributed by atoms with Crippen molar-refractivity contribution < 1.29 is 14.3 Å². The number of aryl methyl sites for hydroxylation is 1. The lowest BCUT2D eigenvalue weighted by molar-refractivity contribution is -0.116. The van der Waals surface area contributed by atoms with E-state index in [2.05, 4.69) is 10.3 Å². The maximum atomic E-state index is 12.3. The first kappa shape index (κ1) is 20.2. The van der Waals surface area contributed by atoms with Crippen LogP contribution in [0.1, 0.15) is 18.9 Å². The number of ether oxygens (including phenoxy) is 2. The van der Waals surface area contributed by atoms with Crippen LogP contribution in [0, 0.1) is 0 Å². The number of nitrogens with zero attached hydrogens (tertiary/aromatic N) is 2. The quantitative estimate of drug-likeness (QED) is 0.528. The normalized spacial score (nSPS) is 11.0. The van der Waals surface area contributed by atoms with Crippen molar-refractivity contribution in [3.05, 3.63) is 58.0 Å². The van der Waals surface area contributed by atoms with Crippen LogP contribution in [0.4, 0.5) is 5.69 Å². The first-order chi connectivity index (χ1) is 13.7. The van der Waals surface area contributed by atoms with Crippen LogP contribution in [0.15, 0.2) is 46.8 Å². The van der Waals surface area contributed by atoms with Crippen molar-refractivity contribution in [1.82, 2.24) is 9.55 Å². The van der Waals surface area contributed by atoms with E-state index >= 15 is 0 Å². The minimum Gasteiger partial charge on any atom is -0.379 e. The molecule has 0 aliphatic carbocycles. The molecule has 0 spiro atoms. The lowest BCUT2D eigenvalue weighted by atomic mass is 10.2.